The molecular formula is C25H23FN2O3S. The van der Waals surface area contributed by atoms with Crippen molar-refractivity contribution >= 4 is 35.0 Å². The van der Waals surface area contributed by atoms with Gasteiger partial charge in [0, 0.05) is 11.4 Å². The van der Waals surface area contributed by atoms with Crippen LogP contribution in [0.15, 0.2) is 66.7 Å². The zero-order valence-corrected chi connectivity index (χ0v) is 18.6. The quantitative estimate of drug-likeness (QED) is 0.568. The molecule has 0 saturated carbocycles. The van der Waals surface area contributed by atoms with Crippen LogP contribution in [0.2, 0.25) is 0 Å². The van der Waals surface area contributed by atoms with Crippen LogP contribution in [0.5, 0.6) is 5.75 Å². The molecule has 3 aromatic carbocycles. The van der Waals surface area contributed by atoms with E-state index < -0.39 is 0 Å². The first-order valence-corrected chi connectivity index (χ1v) is 11.2. The first-order valence-electron chi connectivity index (χ1n) is 10.2. The lowest BCUT2D eigenvalue weighted by molar-refractivity contribution is -0.116. The monoisotopic (exact) mass is 450 g/mol. The molecule has 0 aromatic heterocycles. The van der Waals surface area contributed by atoms with E-state index in [0.29, 0.717) is 22.7 Å². The molecule has 1 aliphatic rings. The average molecular weight is 451 g/mol. The highest BCUT2D eigenvalue weighted by molar-refractivity contribution is 8.00. The number of ether oxygens (including phenoxy) is 1. The van der Waals surface area contributed by atoms with E-state index in [1.54, 1.807) is 31.1 Å². The second-order valence-corrected chi connectivity index (χ2v) is 8.62. The lowest BCUT2D eigenvalue weighted by Gasteiger charge is -2.25. The first-order chi connectivity index (χ1) is 15.4. The minimum atomic E-state index is -0.333. The van der Waals surface area contributed by atoms with E-state index in [2.05, 4.69) is 5.32 Å². The minimum Gasteiger partial charge on any atom is -0.497 e. The minimum absolute atomic E-state index is 0.0554. The summed E-state index contributed by atoms with van der Waals surface area (Å²) in [4.78, 5) is 26.5. The summed E-state index contributed by atoms with van der Waals surface area (Å²) < 4.78 is 19.2. The van der Waals surface area contributed by atoms with E-state index in [1.165, 1.54) is 17.8 Å². The predicted molar refractivity (Wildman–Crippen MR) is 126 cm³/mol. The molecule has 0 aliphatic carbocycles. The highest BCUT2D eigenvalue weighted by Crippen LogP contribution is 2.42. The van der Waals surface area contributed by atoms with Crippen molar-refractivity contribution in [1.29, 1.82) is 0 Å². The van der Waals surface area contributed by atoms with E-state index in [0.717, 1.165) is 16.9 Å². The van der Waals surface area contributed by atoms with Gasteiger partial charge in [-0.05, 0) is 60.0 Å². The number of thioether (sulfide) groups is 1. The number of halogens is 1. The summed E-state index contributed by atoms with van der Waals surface area (Å²) in [6.07, 6.45) is 0.255. The van der Waals surface area contributed by atoms with Crippen molar-refractivity contribution in [3.63, 3.8) is 0 Å². The zero-order chi connectivity index (χ0) is 22.7. The summed E-state index contributed by atoms with van der Waals surface area (Å²) in [7, 11) is 1.60. The molecule has 164 valence electrons. The Hall–Kier alpha value is -3.32. The Labute approximate surface area is 190 Å². The van der Waals surface area contributed by atoms with Gasteiger partial charge in [-0.3, -0.25) is 14.5 Å². The van der Waals surface area contributed by atoms with Gasteiger partial charge in [0.2, 0.25) is 11.8 Å². The second kappa shape index (κ2) is 9.44. The normalized spacial score (nSPS) is 15.7. The summed E-state index contributed by atoms with van der Waals surface area (Å²) in [5, 5.41) is 2.65. The van der Waals surface area contributed by atoms with Crippen LogP contribution in [0.25, 0.3) is 0 Å². The highest BCUT2D eigenvalue weighted by Gasteiger charge is 2.34. The zero-order valence-electron chi connectivity index (χ0n) is 17.8. The molecule has 5 nitrogen and oxygen atoms in total. The van der Waals surface area contributed by atoms with Crippen LogP contribution >= 0.6 is 11.8 Å². The summed E-state index contributed by atoms with van der Waals surface area (Å²) >= 11 is 1.50. The molecule has 0 radical (unpaired) electrons. The Morgan fingerprint density at radius 1 is 1.12 bits per heavy atom. The molecule has 0 unspecified atom stereocenters. The van der Waals surface area contributed by atoms with Crippen LogP contribution in [-0.4, -0.2) is 24.7 Å². The number of aryl methyl sites for hydroxylation is 1. The predicted octanol–water partition coefficient (Wildman–Crippen LogP) is 5.10. The average Bonchev–Trinajstić information content (AvgIpc) is 3.18. The van der Waals surface area contributed by atoms with Gasteiger partial charge in [0.1, 0.15) is 16.9 Å². The topological polar surface area (TPSA) is 58.6 Å². The Morgan fingerprint density at radius 3 is 2.50 bits per heavy atom. The van der Waals surface area contributed by atoms with Crippen molar-refractivity contribution in [2.75, 3.05) is 23.1 Å². The maximum Gasteiger partial charge on any atom is 0.238 e. The molecule has 0 spiro atoms. The molecule has 7 heteroatoms. The number of hydrogen-bond acceptors (Lipinski definition) is 4. The fourth-order valence-electron chi connectivity index (χ4n) is 3.55. The smallest absolute Gasteiger partial charge is 0.238 e. The number of anilines is 2. The maximum absolute atomic E-state index is 14.1. The number of rotatable bonds is 6. The number of benzene rings is 3. The molecule has 0 bridgehead atoms. The number of carbonyl (C=O) groups is 2. The van der Waals surface area contributed by atoms with Gasteiger partial charge in [-0.1, -0.05) is 30.3 Å². The number of amides is 2. The number of carbonyl (C=O) groups excluding carboxylic acids is 2. The fraction of sp³-hybridized carbons (Fsp3) is 0.200. The Bertz CT molecular complexity index is 1130. The van der Waals surface area contributed by atoms with Crippen molar-refractivity contribution in [3.05, 3.63) is 89.2 Å². The molecule has 1 atom stereocenters. The second-order valence-electron chi connectivity index (χ2n) is 7.56. The fourth-order valence-corrected chi connectivity index (χ4v) is 4.72. The number of methoxy groups -OCH3 is 1. The Kier molecular flexibility index (Phi) is 6.46. The van der Waals surface area contributed by atoms with Crippen molar-refractivity contribution < 1.29 is 18.7 Å². The third-order valence-corrected chi connectivity index (χ3v) is 6.52. The molecule has 3 aromatic rings. The van der Waals surface area contributed by atoms with Gasteiger partial charge in [-0.25, -0.2) is 4.39 Å². The summed E-state index contributed by atoms with van der Waals surface area (Å²) in [6, 6.07) is 19.6. The van der Waals surface area contributed by atoms with Gasteiger partial charge in [0.15, 0.2) is 0 Å². The van der Waals surface area contributed by atoms with Crippen LogP contribution in [0.3, 0.4) is 0 Å². The standard InChI is InChI=1S/C25H23FN2O3S/c1-16-3-10-20(14-22(16)26)28-24(30)15-32-25(28)18-6-8-19(9-7-18)27-23(29)13-17-4-11-21(31-2)12-5-17/h3-12,14,25H,13,15H2,1-2H3,(H,27,29)/t25-/m1/s1. The first kappa shape index (κ1) is 21.9. The van der Waals surface area contributed by atoms with Gasteiger partial charge in [0.25, 0.3) is 0 Å². The van der Waals surface area contributed by atoms with Gasteiger partial charge in [-0.2, -0.15) is 0 Å². The van der Waals surface area contributed by atoms with Crippen LogP contribution < -0.4 is 15.0 Å². The van der Waals surface area contributed by atoms with E-state index in [1.807, 2.05) is 48.5 Å². The van der Waals surface area contributed by atoms with E-state index in [-0.39, 0.29) is 29.4 Å². The van der Waals surface area contributed by atoms with E-state index >= 15 is 0 Å². The SMILES string of the molecule is COc1ccc(CC(=O)Nc2ccc([C@H]3SCC(=O)N3c3ccc(C)c(F)c3)cc2)cc1. The molecule has 32 heavy (non-hydrogen) atoms. The maximum atomic E-state index is 14.1. The van der Waals surface area contributed by atoms with Crippen LogP contribution in [0.4, 0.5) is 15.8 Å². The lowest BCUT2D eigenvalue weighted by Crippen LogP contribution is -2.28. The third-order valence-electron chi connectivity index (χ3n) is 5.30. The van der Waals surface area contributed by atoms with Gasteiger partial charge >= 0.3 is 0 Å². The van der Waals surface area contributed by atoms with E-state index in [4.69, 9.17) is 4.74 Å². The van der Waals surface area contributed by atoms with Crippen molar-refractivity contribution in [1.82, 2.24) is 0 Å². The Morgan fingerprint density at radius 2 is 1.84 bits per heavy atom. The molecule has 1 fully saturated rings. The molecule has 4 rings (SSSR count). The largest absolute Gasteiger partial charge is 0.497 e. The number of nitrogens with zero attached hydrogens (tertiary/aromatic N) is 1. The summed E-state index contributed by atoms with van der Waals surface area (Å²) in [5.41, 5.74) is 3.57. The number of nitrogens with one attached hydrogen (secondary N) is 1. The molecule has 1 N–H and O–H groups in total. The van der Waals surface area contributed by atoms with Crippen molar-refractivity contribution in [2.24, 2.45) is 0 Å². The third kappa shape index (κ3) is 4.78. The van der Waals surface area contributed by atoms with Crippen molar-refractivity contribution in [2.45, 2.75) is 18.7 Å². The molecule has 1 saturated heterocycles. The van der Waals surface area contributed by atoms with Crippen LogP contribution in [0.1, 0.15) is 22.1 Å². The summed E-state index contributed by atoms with van der Waals surface area (Å²) in [6.45, 7) is 1.69. The molecule has 1 aliphatic heterocycles. The molecular weight excluding hydrogens is 427 g/mol. The van der Waals surface area contributed by atoms with Gasteiger partial charge in [-0.15, -0.1) is 11.8 Å². The summed E-state index contributed by atoms with van der Waals surface area (Å²) in [5.74, 6) is 0.571. The molecule has 1 heterocycles. The molecule has 2 amide bonds. The van der Waals surface area contributed by atoms with Crippen LogP contribution in [-0.2, 0) is 16.0 Å². The number of hydrogen-bond donors (Lipinski definition) is 1. The van der Waals surface area contributed by atoms with E-state index in [9.17, 15) is 14.0 Å². The lowest BCUT2D eigenvalue weighted by atomic mass is 10.1. The van der Waals surface area contributed by atoms with Crippen molar-refractivity contribution in [3.8, 4) is 5.75 Å². The van der Waals surface area contributed by atoms with Gasteiger partial charge < -0.3 is 10.1 Å². The highest BCUT2D eigenvalue weighted by atomic mass is 32.2. The van der Waals surface area contributed by atoms with Crippen LogP contribution in [0, 0.1) is 12.7 Å². The Balaban J connectivity index is 1.44. The van der Waals surface area contributed by atoms with Gasteiger partial charge in [0.05, 0.1) is 19.3 Å².